The average molecular weight is 308 g/mol. The molecule has 0 radical (unpaired) electrons. The van der Waals surface area contributed by atoms with Crippen LogP contribution in [0.15, 0.2) is 18.3 Å². The number of nitro groups is 1. The second-order valence-corrected chi connectivity index (χ2v) is 5.94. The maximum atomic E-state index is 11.0. The van der Waals surface area contributed by atoms with Crippen LogP contribution in [0, 0.1) is 16.0 Å². The van der Waals surface area contributed by atoms with Crippen LogP contribution in [-0.2, 0) is 4.74 Å². The van der Waals surface area contributed by atoms with E-state index in [2.05, 4.69) is 29.0 Å². The van der Waals surface area contributed by atoms with Crippen molar-refractivity contribution >= 4 is 11.5 Å². The van der Waals surface area contributed by atoms with Gasteiger partial charge in [-0.25, -0.2) is 4.98 Å². The molecule has 1 aliphatic heterocycles. The van der Waals surface area contributed by atoms with E-state index in [9.17, 15) is 10.1 Å². The lowest BCUT2D eigenvalue weighted by molar-refractivity contribution is -0.384. The molecular weight excluding hydrogens is 284 g/mol. The zero-order valence-electron chi connectivity index (χ0n) is 13.2. The minimum absolute atomic E-state index is 0.0211. The minimum atomic E-state index is -0.401. The van der Waals surface area contributed by atoms with Crippen LogP contribution in [0.4, 0.5) is 11.5 Å². The van der Waals surface area contributed by atoms with E-state index in [0.29, 0.717) is 24.3 Å². The number of pyridine rings is 1. The first-order valence-electron chi connectivity index (χ1n) is 7.73. The molecule has 1 fully saturated rings. The monoisotopic (exact) mass is 308 g/mol. The predicted octanol–water partition coefficient (Wildman–Crippen LogP) is 2.15. The quantitative estimate of drug-likeness (QED) is 0.614. The Morgan fingerprint density at radius 2 is 2.18 bits per heavy atom. The van der Waals surface area contributed by atoms with Crippen molar-refractivity contribution in [3.05, 3.63) is 28.4 Å². The molecular formula is C15H24N4O3. The molecule has 7 nitrogen and oxygen atoms in total. The number of nitrogens with one attached hydrogen (secondary N) is 1. The zero-order chi connectivity index (χ0) is 15.9. The number of ether oxygens (including phenoxy) is 1. The summed E-state index contributed by atoms with van der Waals surface area (Å²) < 4.78 is 5.40. The van der Waals surface area contributed by atoms with Gasteiger partial charge < -0.3 is 10.1 Å². The van der Waals surface area contributed by atoms with Crippen LogP contribution in [-0.4, -0.2) is 53.7 Å². The van der Waals surface area contributed by atoms with Crippen LogP contribution >= 0.6 is 0 Å². The first kappa shape index (κ1) is 16.6. The molecule has 2 heterocycles. The highest BCUT2D eigenvalue weighted by Gasteiger charge is 2.23. The number of aromatic nitrogens is 1. The highest BCUT2D eigenvalue weighted by molar-refractivity contribution is 5.55. The summed E-state index contributed by atoms with van der Waals surface area (Å²) in [5.74, 6) is 0.905. The highest BCUT2D eigenvalue weighted by atomic mass is 16.6. The molecule has 122 valence electrons. The lowest BCUT2D eigenvalue weighted by Gasteiger charge is -2.35. The van der Waals surface area contributed by atoms with Crippen molar-refractivity contribution in [2.45, 2.75) is 26.3 Å². The van der Waals surface area contributed by atoms with Gasteiger partial charge in [0.15, 0.2) is 0 Å². The van der Waals surface area contributed by atoms with Gasteiger partial charge in [0, 0.05) is 37.9 Å². The molecule has 0 aromatic carbocycles. The average Bonchev–Trinajstić information content (AvgIpc) is 2.52. The molecule has 1 aromatic rings. The van der Waals surface area contributed by atoms with E-state index < -0.39 is 4.92 Å². The normalized spacial score (nSPS) is 17.4. The Morgan fingerprint density at radius 1 is 1.45 bits per heavy atom. The van der Waals surface area contributed by atoms with Crippen LogP contribution in [0.1, 0.15) is 20.3 Å². The third-order valence-electron chi connectivity index (χ3n) is 3.79. The zero-order valence-corrected chi connectivity index (χ0v) is 13.2. The third kappa shape index (κ3) is 4.64. The maximum Gasteiger partial charge on any atom is 0.311 e. The second kappa shape index (κ2) is 8.05. The summed E-state index contributed by atoms with van der Waals surface area (Å²) in [5.41, 5.74) is 0.0211. The van der Waals surface area contributed by atoms with E-state index in [-0.39, 0.29) is 5.69 Å². The van der Waals surface area contributed by atoms with Crippen LogP contribution < -0.4 is 5.32 Å². The van der Waals surface area contributed by atoms with E-state index in [1.807, 2.05) is 0 Å². The molecule has 0 aliphatic carbocycles. The molecule has 22 heavy (non-hydrogen) atoms. The van der Waals surface area contributed by atoms with Gasteiger partial charge in [-0.2, -0.15) is 0 Å². The van der Waals surface area contributed by atoms with Crippen LogP contribution in [0.5, 0.6) is 0 Å². The van der Waals surface area contributed by atoms with E-state index in [0.717, 1.165) is 32.7 Å². The summed E-state index contributed by atoms with van der Waals surface area (Å²) in [7, 11) is 0. The number of rotatable bonds is 7. The number of hydrogen-bond donors (Lipinski definition) is 1. The van der Waals surface area contributed by atoms with Gasteiger partial charge in [-0.15, -0.1) is 0 Å². The summed E-state index contributed by atoms with van der Waals surface area (Å²) in [6, 6.07) is 3.38. The van der Waals surface area contributed by atoms with Crippen molar-refractivity contribution in [3.8, 4) is 0 Å². The summed E-state index contributed by atoms with van der Waals surface area (Å²) >= 11 is 0. The number of hydrogen-bond acceptors (Lipinski definition) is 6. The topological polar surface area (TPSA) is 80.5 Å². The first-order valence-corrected chi connectivity index (χ1v) is 7.73. The molecule has 0 bridgehead atoms. The molecule has 0 amide bonds. The van der Waals surface area contributed by atoms with Gasteiger partial charge in [0.25, 0.3) is 0 Å². The highest BCUT2D eigenvalue weighted by Crippen LogP contribution is 2.21. The number of morpholine rings is 1. The molecule has 1 aromatic heterocycles. The summed E-state index contributed by atoms with van der Waals surface area (Å²) in [5, 5.41) is 14.2. The maximum absolute atomic E-state index is 11.0. The Kier molecular flexibility index (Phi) is 6.09. The largest absolute Gasteiger partial charge is 0.379 e. The summed E-state index contributed by atoms with van der Waals surface area (Å²) in [6.45, 7) is 8.34. The smallest absolute Gasteiger partial charge is 0.311 e. The third-order valence-corrected chi connectivity index (χ3v) is 3.79. The first-order chi connectivity index (χ1) is 10.6. The van der Waals surface area contributed by atoms with Crippen molar-refractivity contribution in [1.82, 2.24) is 9.88 Å². The van der Waals surface area contributed by atoms with Gasteiger partial charge in [0.05, 0.1) is 18.1 Å². The van der Waals surface area contributed by atoms with Crippen LogP contribution in [0.3, 0.4) is 0 Å². The lowest BCUT2D eigenvalue weighted by atomic mass is 10.0. The predicted molar refractivity (Wildman–Crippen MR) is 85.0 cm³/mol. The van der Waals surface area contributed by atoms with E-state index in [4.69, 9.17) is 4.74 Å². The van der Waals surface area contributed by atoms with Crippen molar-refractivity contribution in [3.63, 3.8) is 0 Å². The Balaban J connectivity index is 2.02. The molecule has 1 unspecified atom stereocenters. The van der Waals surface area contributed by atoms with E-state index in [1.54, 1.807) is 12.3 Å². The van der Waals surface area contributed by atoms with Crippen molar-refractivity contribution in [2.24, 2.45) is 5.92 Å². The molecule has 1 saturated heterocycles. The standard InChI is InChI=1S/C15H24N4O3/c1-12(2)10-13(18-6-8-22-9-7-18)11-17-15-14(19(20)21)4-3-5-16-15/h3-5,12-13H,6-11H2,1-2H3,(H,16,17). The molecule has 1 aliphatic rings. The molecule has 0 saturated carbocycles. The molecule has 2 rings (SSSR count). The Morgan fingerprint density at radius 3 is 2.82 bits per heavy atom. The molecule has 0 spiro atoms. The fourth-order valence-corrected chi connectivity index (χ4v) is 2.74. The van der Waals surface area contributed by atoms with Gasteiger partial charge in [0.1, 0.15) is 0 Å². The van der Waals surface area contributed by atoms with Gasteiger partial charge in [-0.3, -0.25) is 15.0 Å². The Bertz CT molecular complexity index is 489. The fraction of sp³-hybridized carbons (Fsp3) is 0.667. The Labute approximate surface area is 130 Å². The van der Waals surface area contributed by atoms with Crippen LogP contribution in [0.2, 0.25) is 0 Å². The van der Waals surface area contributed by atoms with Crippen molar-refractivity contribution in [1.29, 1.82) is 0 Å². The second-order valence-electron chi connectivity index (χ2n) is 5.94. The van der Waals surface area contributed by atoms with E-state index >= 15 is 0 Å². The minimum Gasteiger partial charge on any atom is -0.379 e. The number of nitrogens with zero attached hydrogens (tertiary/aromatic N) is 3. The summed E-state index contributed by atoms with van der Waals surface area (Å²) in [4.78, 5) is 17.1. The van der Waals surface area contributed by atoms with Crippen LogP contribution in [0.25, 0.3) is 0 Å². The molecule has 7 heteroatoms. The van der Waals surface area contributed by atoms with Crippen molar-refractivity contribution in [2.75, 3.05) is 38.2 Å². The van der Waals surface area contributed by atoms with Gasteiger partial charge in [-0.05, 0) is 18.4 Å². The van der Waals surface area contributed by atoms with Gasteiger partial charge in [-0.1, -0.05) is 13.8 Å². The summed E-state index contributed by atoms with van der Waals surface area (Å²) in [6.07, 6.45) is 2.61. The van der Waals surface area contributed by atoms with E-state index in [1.165, 1.54) is 6.07 Å². The van der Waals surface area contributed by atoms with Gasteiger partial charge >= 0.3 is 5.69 Å². The molecule has 1 N–H and O–H groups in total. The SMILES string of the molecule is CC(C)CC(CNc1ncccc1[N+](=O)[O-])N1CCOCC1. The Hall–Kier alpha value is -1.73. The molecule has 1 atom stereocenters. The van der Waals surface area contributed by atoms with Gasteiger partial charge in [0.2, 0.25) is 5.82 Å². The fourth-order valence-electron chi connectivity index (χ4n) is 2.74. The lowest BCUT2D eigenvalue weighted by Crippen LogP contribution is -2.47. The van der Waals surface area contributed by atoms with Crippen molar-refractivity contribution < 1.29 is 9.66 Å². The number of anilines is 1.